The summed E-state index contributed by atoms with van der Waals surface area (Å²) in [5.74, 6) is -0.997. The van der Waals surface area contributed by atoms with Crippen molar-refractivity contribution in [2.45, 2.75) is 78.4 Å². The summed E-state index contributed by atoms with van der Waals surface area (Å²) >= 11 is 0. The van der Waals surface area contributed by atoms with Gasteiger partial charge in [0.15, 0.2) is 0 Å². The maximum absolute atomic E-state index is 12.9. The van der Waals surface area contributed by atoms with Crippen molar-refractivity contribution in [1.82, 2.24) is 5.32 Å². The van der Waals surface area contributed by atoms with Crippen molar-refractivity contribution in [3.63, 3.8) is 0 Å². The van der Waals surface area contributed by atoms with E-state index in [4.69, 9.17) is 9.05 Å². The Kier molecular flexibility index (Phi) is 12.7. The lowest BCUT2D eigenvalue weighted by atomic mass is 10.1. The van der Waals surface area contributed by atoms with Crippen LogP contribution in [0.2, 0.25) is 0 Å². The smallest absolute Gasteiger partial charge is 0.342 e. The third-order valence-electron chi connectivity index (χ3n) is 3.53. The van der Waals surface area contributed by atoms with Crippen molar-refractivity contribution in [2.24, 2.45) is 0 Å². The fourth-order valence-corrected chi connectivity index (χ4v) is 4.22. The third kappa shape index (κ3) is 11.2. The molecule has 1 N–H and O–H groups in total. The lowest BCUT2D eigenvalue weighted by Gasteiger charge is -2.27. The molecule has 25 heavy (non-hydrogen) atoms. The van der Waals surface area contributed by atoms with Crippen LogP contribution >= 0.6 is 7.60 Å². The van der Waals surface area contributed by atoms with Gasteiger partial charge in [-0.05, 0) is 47.0 Å². The number of carbonyl (C=O) groups is 3. The Balaban J connectivity index is 4.69. The van der Waals surface area contributed by atoms with Crippen LogP contribution in [-0.4, -0.2) is 36.5 Å². The molecule has 1 amide bonds. The Bertz CT molecular complexity index is 470. The highest BCUT2D eigenvalue weighted by Crippen LogP contribution is 2.53. The second-order valence-electron chi connectivity index (χ2n) is 5.96. The molecule has 146 valence electrons. The number of amides is 1. The molecule has 0 bridgehead atoms. The SMILES string of the molecule is CCOP(=O)(OCC)[C@H](CCC(C)=O)NC(=O)CCCCCC(C)=O. The van der Waals surface area contributed by atoms with Crippen molar-refractivity contribution in [3.8, 4) is 0 Å². The van der Waals surface area contributed by atoms with E-state index >= 15 is 0 Å². The quantitative estimate of drug-likeness (QED) is 0.346. The molecule has 0 spiro atoms. The van der Waals surface area contributed by atoms with Gasteiger partial charge >= 0.3 is 7.60 Å². The van der Waals surface area contributed by atoms with E-state index in [1.54, 1.807) is 20.8 Å². The van der Waals surface area contributed by atoms with Crippen LogP contribution in [0.3, 0.4) is 0 Å². The summed E-state index contributed by atoms with van der Waals surface area (Å²) in [5.41, 5.74) is 0. The van der Waals surface area contributed by atoms with Gasteiger partial charge in [0, 0.05) is 19.3 Å². The van der Waals surface area contributed by atoms with Gasteiger partial charge in [-0.1, -0.05) is 6.42 Å². The molecule has 7 nitrogen and oxygen atoms in total. The minimum absolute atomic E-state index is 0.0528. The van der Waals surface area contributed by atoms with Crippen molar-refractivity contribution < 1.29 is 28.0 Å². The molecule has 1 atom stereocenters. The zero-order valence-electron chi connectivity index (χ0n) is 15.8. The largest absolute Gasteiger partial charge is 0.352 e. The number of Topliss-reactive ketones (excluding diaryl/α,β-unsaturated/α-hetero) is 2. The molecule has 0 fully saturated rings. The van der Waals surface area contributed by atoms with Gasteiger partial charge in [0.2, 0.25) is 5.91 Å². The molecule has 0 radical (unpaired) electrons. The Hall–Kier alpha value is -1.04. The van der Waals surface area contributed by atoms with Gasteiger partial charge in [-0.2, -0.15) is 0 Å². The van der Waals surface area contributed by atoms with Gasteiger partial charge in [0.1, 0.15) is 17.3 Å². The molecule has 0 aliphatic carbocycles. The predicted molar refractivity (Wildman–Crippen MR) is 96.5 cm³/mol. The van der Waals surface area contributed by atoms with Crippen molar-refractivity contribution in [1.29, 1.82) is 0 Å². The Morgan fingerprint density at radius 1 is 0.880 bits per heavy atom. The third-order valence-corrected chi connectivity index (χ3v) is 5.92. The van der Waals surface area contributed by atoms with Gasteiger partial charge in [-0.3, -0.25) is 9.36 Å². The highest BCUT2D eigenvalue weighted by atomic mass is 31.2. The molecular weight excluding hydrogens is 345 g/mol. The summed E-state index contributed by atoms with van der Waals surface area (Å²) in [6, 6.07) is 0. The second kappa shape index (κ2) is 13.2. The van der Waals surface area contributed by atoms with Crippen molar-refractivity contribution in [2.75, 3.05) is 13.2 Å². The first-order chi connectivity index (χ1) is 11.7. The fraction of sp³-hybridized carbons (Fsp3) is 0.824. The van der Waals surface area contributed by atoms with Crippen LogP contribution in [0.25, 0.3) is 0 Å². The summed E-state index contributed by atoms with van der Waals surface area (Å²) in [6.45, 7) is 6.77. The van der Waals surface area contributed by atoms with Crippen LogP contribution in [0.1, 0.15) is 72.6 Å². The molecule has 0 aromatic carbocycles. The van der Waals surface area contributed by atoms with Crippen LogP contribution in [0.4, 0.5) is 0 Å². The fourth-order valence-electron chi connectivity index (χ4n) is 2.32. The second-order valence-corrected chi connectivity index (χ2v) is 8.18. The van der Waals surface area contributed by atoms with Gasteiger partial charge in [-0.15, -0.1) is 0 Å². The van der Waals surface area contributed by atoms with E-state index < -0.39 is 13.4 Å². The number of unbranched alkanes of at least 4 members (excludes halogenated alkanes) is 2. The van der Waals surface area contributed by atoms with Gasteiger partial charge in [0.05, 0.1) is 13.2 Å². The Morgan fingerprint density at radius 2 is 1.40 bits per heavy atom. The zero-order valence-corrected chi connectivity index (χ0v) is 16.7. The normalized spacial score (nSPS) is 12.6. The highest BCUT2D eigenvalue weighted by Gasteiger charge is 2.36. The summed E-state index contributed by atoms with van der Waals surface area (Å²) in [5, 5.41) is 2.71. The van der Waals surface area contributed by atoms with E-state index in [2.05, 4.69) is 5.32 Å². The molecule has 0 saturated carbocycles. The number of nitrogens with one attached hydrogen (secondary N) is 1. The molecule has 0 rings (SSSR count). The first kappa shape index (κ1) is 24.0. The average molecular weight is 377 g/mol. The lowest BCUT2D eigenvalue weighted by molar-refractivity contribution is -0.122. The Labute approximate surface area is 150 Å². The zero-order chi connectivity index (χ0) is 19.3. The van der Waals surface area contributed by atoms with Crippen molar-refractivity contribution >= 4 is 25.1 Å². The Morgan fingerprint density at radius 3 is 1.88 bits per heavy atom. The minimum Gasteiger partial charge on any atom is -0.342 e. The average Bonchev–Trinajstić information content (AvgIpc) is 2.50. The van der Waals surface area contributed by atoms with E-state index in [0.717, 1.165) is 12.8 Å². The van der Waals surface area contributed by atoms with E-state index in [1.165, 1.54) is 6.92 Å². The molecule has 0 unspecified atom stereocenters. The molecule has 0 heterocycles. The summed E-state index contributed by atoms with van der Waals surface area (Å²) in [7, 11) is -3.53. The van der Waals surface area contributed by atoms with Crippen LogP contribution in [-0.2, 0) is 28.0 Å². The molecule has 0 aromatic heterocycles. The summed E-state index contributed by atoms with van der Waals surface area (Å²) in [4.78, 5) is 34.3. The molecule has 0 aliphatic heterocycles. The predicted octanol–water partition coefficient (Wildman–Crippen LogP) is 3.60. The summed E-state index contributed by atoms with van der Waals surface area (Å²) in [6.07, 6.45) is 3.37. The van der Waals surface area contributed by atoms with Crippen LogP contribution < -0.4 is 5.32 Å². The number of carbonyl (C=O) groups excluding carboxylic acids is 3. The van der Waals surface area contributed by atoms with Crippen LogP contribution in [0, 0.1) is 0 Å². The number of hydrogen-bond donors (Lipinski definition) is 1. The number of ketones is 2. The van der Waals surface area contributed by atoms with Gasteiger partial charge < -0.3 is 24.0 Å². The number of hydrogen-bond acceptors (Lipinski definition) is 6. The van der Waals surface area contributed by atoms with Crippen LogP contribution in [0.5, 0.6) is 0 Å². The molecule has 0 aliphatic rings. The maximum atomic E-state index is 12.9. The van der Waals surface area contributed by atoms with Crippen LogP contribution in [0.15, 0.2) is 0 Å². The van der Waals surface area contributed by atoms with E-state index in [9.17, 15) is 18.9 Å². The summed E-state index contributed by atoms with van der Waals surface area (Å²) < 4.78 is 23.5. The van der Waals surface area contributed by atoms with Gasteiger partial charge in [0.25, 0.3) is 0 Å². The topological polar surface area (TPSA) is 98.8 Å². The minimum atomic E-state index is -3.53. The first-order valence-corrected chi connectivity index (χ1v) is 10.5. The van der Waals surface area contributed by atoms with E-state index in [0.29, 0.717) is 12.8 Å². The lowest BCUT2D eigenvalue weighted by Crippen LogP contribution is -2.36. The number of rotatable bonds is 15. The maximum Gasteiger partial charge on any atom is 0.352 e. The van der Waals surface area contributed by atoms with E-state index in [1.807, 2.05) is 0 Å². The molecule has 8 heteroatoms. The first-order valence-electron chi connectivity index (χ1n) is 8.92. The monoisotopic (exact) mass is 377 g/mol. The van der Waals surface area contributed by atoms with Crippen molar-refractivity contribution in [3.05, 3.63) is 0 Å². The van der Waals surface area contributed by atoms with Gasteiger partial charge in [-0.25, -0.2) is 0 Å². The molecule has 0 saturated heterocycles. The standard InChI is InChI=1S/C17H32NO6P/c1-5-23-25(22,24-6-2)17(13-12-15(4)20)18-16(21)11-9-7-8-10-14(3)19/h17H,5-13H2,1-4H3,(H,18,21)/t17-/m1/s1. The van der Waals surface area contributed by atoms with E-state index in [-0.39, 0.29) is 49.9 Å². The highest BCUT2D eigenvalue weighted by molar-refractivity contribution is 7.54. The molecule has 0 aromatic rings. The molecular formula is C17H32NO6P.